The number of aromatic nitrogens is 2. The lowest BCUT2D eigenvalue weighted by Gasteiger charge is -2.54. The lowest BCUT2D eigenvalue weighted by atomic mass is 9.72. The molecule has 1 amide bonds. The predicted molar refractivity (Wildman–Crippen MR) is 243 cm³/mol. The maximum Gasteiger partial charge on any atom is 0.419 e. The van der Waals surface area contributed by atoms with E-state index in [0.717, 1.165) is 6.42 Å². The topological polar surface area (TPSA) is 206 Å². The third-order valence-corrected chi connectivity index (χ3v) is 15.9. The molecule has 1 aromatic heterocycles. The first-order valence-electron chi connectivity index (χ1n) is 24.5. The molecule has 4 saturated heterocycles. The molecular formula is C50H77N3O13. The molecule has 3 N–H and O–H groups in total. The van der Waals surface area contributed by atoms with E-state index in [2.05, 4.69) is 25.4 Å². The average Bonchev–Trinajstić information content (AvgIpc) is 3.95. The monoisotopic (exact) mass is 928 g/mol. The number of amides is 1. The van der Waals surface area contributed by atoms with Crippen molar-refractivity contribution in [1.82, 2.24) is 9.55 Å². The highest BCUT2D eigenvalue weighted by Crippen LogP contribution is 2.54. The van der Waals surface area contributed by atoms with E-state index < -0.39 is 95.3 Å². The molecule has 0 unspecified atom stereocenters. The zero-order valence-electron chi connectivity index (χ0n) is 40.9. The number of aliphatic hydroxyl groups is 1. The Morgan fingerprint density at radius 3 is 2.32 bits per heavy atom. The third-order valence-electron chi connectivity index (χ3n) is 15.9. The number of nitrogens with zero attached hydrogens (tertiary/aromatic N) is 2. The summed E-state index contributed by atoms with van der Waals surface area (Å²) in [5, 5.41) is 11.2. The molecule has 0 saturated carbocycles. The molecule has 1 aromatic rings. The normalized spacial score (nSPS) is 39.0. The van der Waals surface area contributed by atoms with Gasteiger partial charge < -0.3 is 48.7 Å². The molecule has 0 aromatic carbocycles. The van der Waals surface area contributed by atoms with Gasteiger partial charge in [-0.3, -0.25) is 9.59 Å². The first-order valence-corrected chi connectivity index (χ1v) is 24.5. The molecule has 0 aliphatic carbocycles. The van der Waals surface area contributed by atoms with Gasteiger partial charge in [0.1, 0.15) is 24.8 Å². The van der Waals surface area contributed by atoms with Crippen LogP contribution in [-0.2, 0) is 47.5 Å². The van der Waals surface area contributed by atoms with Gasteiger partial charge in [-0.1, -0.05) is 68.0 Å². The standard InChI is InChI=1S/C50H77N3O13/c1-12-26-59-44(55)35(13-2)37-17-16-29(5)41(61-37)33(9)43(63-46(57)53-25-24-52-28-53)32(8)40(54)36(14-3)42-30(6)27-31(7)49(64-42)21-19-39(62-45(51)56)50(66-49)23-22-47(11,65-50)38-18-20-48(58,15-4)34(10)60-38/h12,19,21,24-25,28-39,41-43,58H,1,13-18,20,22-23,26-27H2,2-11H3,(H2,51,56)/t29-,30-,31+,32+,33+,34-,35+,36-,37+,38+,39+,41+,42-,43+,47-,48+,49-,50-/m0/s1. The molecule has 2 spiro atoms. The van der Waals surface area contributed by atoms with Crippen LogP contribution in [0.15, 0.2) is 43.5 Å². The Morgan fingerprint density at radius 1 is 0.970 bits per heavy atom. The molecule has 0 radical (unpaired) electrons. The number of carbonyl (C=O) groups is 4. The number of hydrogen-bond donors (Lipinski definition) is 2. The number of Topliss-reactive ketones (excluding diaryl/α,β-unsaturated/α-hetero) is 1. The van der Waals surface area contributed by atoms with Crippen LogP contribution in [0.25, 0.3) is 0 Å². The molecule has 18 atom stereocenters. The van der Waals surface area contributed by atoms with Crippen molar-refractivity contribution in [3.8, 4) is 0 Å². The fraction of sp³-hybridized carbons (Fsp3) is 0.780. The van der Waals surface area contributed by atoms with Crippen LogP contribution in [0.5, 0.6) is 0 Å². The van der Waals surface area contributed by atoms with E-state index in [1.54, 1.807) is 19.1 Å². The van der Waals surface area contributed by atoms with Gasteiger partial charge in [0.2, 0.25) is 5.79 Å². The van der Waals surface area contributed by atoms with Gasteiger partial charge in [-0.2, -0.15) is 0 Å². The minimum Gasteiger partial charge on any atom is -0.461 e. The molecule has 16 heteroatoms. The summed E-state index contributed by atoms with van der Waals surface area (Å²) < 4.78 is 53.2. The van der Waals surface area contributed by atoms with Crippen LogP contribution >= 0.6 is 0 Å². The number of ketones is 1. The van der Waals surface area contributed by atoms with Crippen LogP contribution in [-0.4, -0.2) is 111 Å². The van der Waals surface area contributed by atoms with Crippen molar-refractivity contribution in [2.75, 3.05) is 6.61 Å². The molecular weight excluding hydrogens is 851 g/mol. The number of hydrogen-bond acceptors (Lipinski definition) is 14. The van der Waals surface area contributed by atoms with Gasteiger partial charge in [-0.25, -0.2) is 19.1 Å². The fourth-order valence-electron chi connectivity index (χ4n) is 11.7. The Bertz CT molecular complexity index is 1890. The van der Waals surface area contributed by atoms with Crippen LogP contribution in [0.1, 0.15) is 133 Å². The Labute approximate surface area is 391 Å². The number of esters is 1. The highest BCUT2D eigenvalue weighted by Gasteiger charge is 2.64. The zero-order chi connectivity index (χ0) is 48.4. The number of imidazole rings is 1. The lowest BCUT2D eigenvalue weighted by Crippen LogP contribution is -2.63. The van der Waals surface area contributed by atoms with E-state index in [1.807, 2.05) is 48.5 Å². The summed E-state index contributed by atoms with van der Waals surface area (Å²) in [6.07, 6.45) is 8.89. The van der Waals surface area contributed by atoms with Crippen LogP contribution in [0.4, 0.5) is 9.59 Å². The minimum absolute atomic E-state index is 0.0250. The average molecular weight is 928 g/mol. The van der Waals surface area contributed by atoms with Crippen LogP contribution in [0, 0.1) is 41.4 Å². The molecule has 6 rings (SSSR count). The number of nitrogens with two attached hydrogens (primary N) is 1. The van der Waals surface area contributed by atoms with Gasteiger partial charge in [0.25, 0.3) is 0 Å². The van der Waals surface area contributed by atoms with Gasteiger partial charge in [0, 0.05) is 36.6 Å². The van der Waals surface area contributed by atoms with E-state index in [1.165, 1.54) is 29.4 Å². The Kier molecular flexibility index (Phi) is 16.4. The summed E-state index contributed by atoms with van der Waals surface area (Å²) in [5.74, 6) is -6.11. The number of primary amides is 1. The second kappa shape index (κ2) is 20.9. The van der Waals surface area contributed by atoms with Gasteiger partial charge in [0.05, 0.1) is 53.6 Å². The van der Waals surface area contributed by atoms with Crippen molar-refractivity contribution in [2.24, 2.45) is 47.2 Å². The zero-order valence-corrected chi connectivity index (χ0v) is 40.9. The summed E-state index contributed by atoms with van der Waals surface area (Å²) in [5.41, 5.74) is 3.81. The van der Waals surface area contributed by atoms with Crippen molar-refractivity contribution < 1.29 is 62.2 Å². The second-order valence-electron chi connectivity index (χ2n) is 20.2. The SMILES string of the molecule is C=CCOC(=O)[C@H](CC)[C@H]1CC[C@H](C)[C@H]([C@@H](C)[C@H](OC(=O)n2ccnc2)[C@H](C)C(=O)[C@H](CC)[C@H]2O[C@]3(C=C[C@@H](OC(N)=O)[C@]4(CC[C@@](C)([C@H]5CC[C@](O)(CC)[C@H](C)O5)O4)O3)[C@H](C)C[C@@H]2C)O1. The van der Waals surface area contributed by atoms with Gasteiger partial charge in [-0.05, 0) is 95.6 Å². The largest absolute Gasteiger partial charge is 0.461 e. The number of carbonyl (C=O) groups excluding carboxylic acids is 4. The van der Waals surface area contributed by atoms with E-state index >= 15 is 4.79 Å². The highest BCUT2D eigenvalue weighted by molar-refractivity contribution is 5.85. The third kappa shape index (κ3) is 10.3. The minimum atomic E-state index is -1.50. The molecule has 4 fully saturated rings. The van der Waals surface area contributed by atoms with Crippen molar-refractivity contribution in [3.63, 3.8) is 0 Å². The van der Waals surface area contributed by atoms with Crippen LogP contribution < -0.4 is 5.73 Å². The summed E-state index contributed by atoms with van der Waals surface area (Å²) >= 11 is 0. The van der Waals surface area contributed by atoms with Crippen molar-refractivity contribution in [2.45, 2.75) is 199 Å². The van der Waals surface area contributed by atoms with Gasteiger partial charge in [0.15, 0.2) is 11.9 Å². The van der Waals surface area contributed by atoms with E-state index in [4.69, 9.17) is 43.6 Å². The summed E-state index contributed by atoms with van der Waals surface area (Å²) in [6.45, 7) is 23.4. The number of ether oxygens (including phenoxy) is 8. The quantitative estimate of drug-likeness (QED) is 0.0921. The second-order valence-corrected chi connectivity index (χ2v) is 20.2. The van der Waals surface area contributed by atoms with E-state index in [-0.39, 0.29) is 42.2 Å². The molecule has 16 nitrogen and oxygen atoms in total. The maximum atomic E-state index is 15.2. The summed E-state index contributed by atoms with van der Waals surface area (Å²) in [4.78, 5) is 58.5. The van der Waals surface area contributed by atoms with Crippen molar-refractivity contribution in [3.05, 3.63) is 43.5 Å². The first-order chi connectivity index (χ1) is 31.2. The maximum absolute atomic E-state index is 15.2. The molecule has 5 aliphatic heterocycles. The summed E-state index contributed by atoms with van der Waals surface area (Å²) in [7, 11) is 0. The summed E-state index contributed by atoms with van der Waals surface area (Å²) in [6, 6.07) is 0. The van der Waals surface area contributed by atoms with Gasteiger partial charge in [-0.15, -0.1) is 0 Å². The Balaban J connectivity index is 1.27. The number of rotatable bonds is 16. The lowest BCUT2D eigenvalue weighted by molar-refractivity contribution is -0.408. The van der Waals surface area contributed by atoms with E-state index in [9.17, 15) is 19.5 Å². The van der Waals surface area contributed by atoms with Gasteiger partial charge >= 0.3 is 18.2 Å². The molecule has 66 heavy (non-hydrogen) atoms. The van der Waals surface area contributed by atoms with Crippen LogP contribution in [0.2, 0.25) is 0 Å². The molecule has 6 heterocycles. The van der Waals surface area contributed by atoms with Crippen LogP contribution in [0.3, 0.4) is 0 Å². The van der Waals surface area contributed by atoms with E-state index in [0.29, 0.717) is 57.8 Å². The Hall–Kier alpha value is -3.67. The predicted octanol–water partition coefficient (Wildman–Crippen LogP) is 7.82. The highest BCUT2D eigenvalue weighted by atomic mass is 16.8. The molecule has 370 valence electrons. The van der Waals surface area contributed by atoms with Crippen molar-refractivity contribution >= 4 is 23.9 Å². The van der Waals surface area contributed by atoms with Crippen molar-refractivity contribution in [1.29, 1.82) is 0 Å². The molecule has 5 aliphatic rings. The fourth-order valence-corrected chi connectivity index (χ4v) is 11.7. The molecule has 0 bridgehead atoms. The smallest absolute Gasteiger partial charge is 0.419 e. The first kappa shape index (κ1) is 51.7. The Morgan fingerprint density at radius 2 is 1.70 bits per heavy atom.